The Kier molecular flexibility index (Phi) is 5.65. The predicted octanol–water partition coefficient (Wildman–Crippen LogP) is 5.39. The quantitative estimate of drug-likeness (QED) is 0.682. The average molecular weight is 278 g/mol. The van der Waals surface area contributed by atoms with E-state index in [4.69, 9.17) is 0 Å². The van der Waals surface area contributed by atoms with E-state index in [0.717, 1.165) is 29.9 Å². The van der Waals surface area contributed by atoms with Crippen molar-refractivity contribution in [3.05, 3.63) is 84.8 Å². The second-order valence-corrected chi connectivity index (χ2v) is 4.81. The Morgan fingerprint density at radius 1 is 1.14 bits per heavy atom. The summed E-state index contributed by atoms with van der Waals surface area (Å²) in [4.78, 5) is 0. The van der Waals surface area contributed by atoms with E-state index in [1.54, 1.807) is 6.08 Å². The summed E-state index contributed by atoms with van der Waals surface area (Å²) in [5, 5.41) is 6.78. The van der Waals surface area contributed by atoms with Gasteiger partial charge in [-0.2, -0.15) is 0 Å². The Labute approximate surface area is 127 Å². The van der Waals surface area contributed by atoms with E-state index in [2.05, 4.69) is 59.7 Å². The Hall–Kier alpha value is -2.48. The van der Waals surface area contributed by atoms with Crippen molar-refractivity contribution in [2.75, 3.05) is 10.6 Å². The maximum absolute atomic E-state index is 3.68. The monoisotopic (exact) mass is 278 g/mol. The van der Waals surface area contributed by atoms with Crippen LogP contribution >= 0.6 is 0 Å². The van der Waals surface area contributed by atoms with Crippen molar-refractivity contribution in [1.82, 2.24) is 0 Å². The van der Waals surface area contributed by atoms with E-state index in [1.165, 1.54) is 5.70 Å². The summed E-state index contributed by atoms with van der Waals surface area (Å²) in [6, 6.07) is 8.30. The van der Waals surface area contributed by atoms with Gasteiger partial charge in [-0.15, -0.1) is 0 Å². The first-order valence-electron chi connectivity index (χ1n) is 7.28. The lowest BCUT2D eigenvalue weighted by atomic mass is 10.1. The molecule has 1 aliphatic carbocycles. The fourth-order valence-electron chi connectivity index (χ4n) is 2.06. The fourth-order valence-corrected chi connectivity index (χ4v) is 2.06. The highest BCUT2D eigenvalue weighted by molar-refractivity contribution is 5.59. The van der Waals surface area contributed by atoms with Crippen LogP contribution in [-0.4, -0.2) is 0 Å². The second-order valence-electron chi connectivity index (χ2n) is 4.81. The number of anilines is 2. The minimum atomic E-state index is 1.05. The Bertz CT molecular complexity index is 586. The van der Waals surface area contributed by atoms with Crippen molar-refractivity contribution in [3.8, 4) is 0 Å². The maximum atomic E-state index is 3.68. The summed E-state index contributed by atoms with van der Waals surface area (Å²) in [5.74, 6) is 0. The molecule has 0 aromatic heterocycles. The molecule has 0 saturated carbocycles. The molecule has 0 saturated heterocycles. The summed E-state index contributed by atoms with van der Waals surface area (Å²) in [7, 11) is 0. The molecule has 21 heavy (non-hydrogen) atoms. The number of benzene rings is 1. The van der Waals surface area contributed by atoms with Gasteiger partial charge >= 0.3 is 0 Å². The Morgan fingerprint density at radius 3 is 2.52 bits per heavy atom. The molecule has 0 heterocycles. The third-order valence-corrected chi connectivity index (χ3v) is 3.18. The summed E-state index contributed by atoms with van der Waals surface area (Å²) in [6.07, 6.45) is 16.5. The number of hydrogen-bond donors (Lipinski definition) is 2. The fraction of sp³-hybridized carbons (Fsp3) is 0.158. The van der Waals surface area contributed by atoms with Crippen LogP contribution in [0.15, 0.2) is 84.8 Å². The minimum Gasteiger partial charge on any atom is -0.356 e. The molecule has 108 valence electrons. The van der Waals surface area contributed by atoms with Crippen LogP contribution in [0, 0.1) is 0 Å². The largest absolute Gasteiger partial charge is 0.356 e. The third-order valence-electron chi connectivity index (χ3n) is 3.18. The predicted molar refractivity (Wildman–Crippen MR) is 93.2 cm³/mol. The molecule has 1 aromatic carbocycles. The van der Waals surface area contributed by atoms with Gasteiger partial charge in [0.2, 0.25) is 0 Å². The summed E-state index contributed by atoms with van der Waals surface area (Å²) in [6.45, 7) is 5.69. The SMILES string of the molecule is C=C/C=C\C(=C/C)Nc1ccc(NC2=CCCC=C2)cc1. The number of nitrogens with one attached hydrogen (secondary N) is 2. The highest BCUT2D eigenvalue weighted by Gasteiger charge is 1.99. The lowest BCUT2D eigenvalue weighted by Crippen LogP contribution is -2.00. The topological polar surface area (TPSA) is 24.1 Å². The van der Waals surface area contributed by atoms with Crippen molar-refractivity contribution < 1.29 is 0 Å². The van der Waals surface area contributed by atoms with Gasteiger partial charge in [0, 0.05) is 22.8 Å². The van der Waals surface area contributed by atoms with E-state index in [0.29, 0.717) is 0 Å². The molecule has 1 aromatic rings. The first-order valence-corrected chi connectivity index (χ1v) is 7.28. The van der Waals surface area contributed by atoms with Crippen molar-refractivity contribution in [3.63, 3.8) is 0 Å². The normalized spacial score (nSPS) is 14.9. The zero-order valence-electron chi connectivity index (χ0n) is 12.5. The first-order chi connectivity index (χ1) is 10.3. The lowest BCUT2D eigenvalue weighted by molar-refractivity contribution is 1.02. The van der Waals surface area contributed by atoms with E-state index in [9.17, 15) is 0 Å². The van der Waals surface area contributed by atoms with Crippen molar-refractivity contribution >= 4 is 11.4 Å². The van der Waals surface area contributed by atoms with Crippen LogP contribution in [0.3, 0.4) is 0 Å². The van der Waals surface area contributed by atoms with Gasteiger partial charge in [-0.05, 0) is 56.2 Å². The molecule has 0 radical (unpaired) electrons. The smallest absolute Gasteiger partial charge is 0.0385 e. The van der Waals surface area contributed by atoms with Gasteiger partial charge in [-0.3, -0.25) is 0 Å². The molecule has 2 rings (SSSR count). The van der Waals surface area contributed by atoms with Crippen LogP contribution in [0.25, 0.3) is 0 Å². The van der Waals surface area contributed by atoms with Crippen LogP contribution in [-0.2, 0) is 0 Å². The van der Waals surface area contributed by atoms with Gasteiger partial charge < -0.3 is 10.6 Å². The Morgan fingerprint density at radius 2 is 1.90 bits per heavy atom. The van der Waals surface area contributed by atoms with E-state index in [-0.39, 0.29) is 0 Å². The summed E-state index contributed by atoms with van der Waals surface area (Å²) < 4.78 is 0. The standard InChI is InChI=1S/C19H22N2/c1-3-5-9-16(4-2)20-18-12-14-19(15-13-18)21-17-10-7-6-8-11-17/h3-5,7,9-15,20-21H,1,6,8H2,2H3/b9-5-,16-4+. The lowest BCUT2D eigenvalue weighted by Gasteiger charge is -2.12. The molecule has 0 amide bonds. The van der Waals surface area contributed by atoms with Gasteiger partial charge in [0.05, 0.1) is 0 Å². The molecule has 0 unspecified atom stereocenters. The zero-order chi connectivity index (χ0) is 14.9. The number of rotatable bonds is 6. The molecule has 0 aliphatic heterocycles. The van der Waals surface area contributed by atoms with E-state index < -0.39 is 0 Å². The number of allylic oxidation sites excluding steroid dienone is 7. The first kappa shape index (κ1) is 14.9. The van der Waals surface area contributed by atoms with Crippen molar-refractivity contribution in [2.24, 2.45) is 0 Å². The second kappa shape index (κ2) is 7.95. The van der Waals surface area contributed by atoms with Gasteiger partial charge in [0.1, 0.15) is 0 Å². The zero-order valence-corrected chi connectivity index (χ0v) is 12.5. The molecule has 0 atom stereocenters. The van der Waals surface area contributed by atoms with Crippen molar-refractivity contribution in [1.29, 1.82) is 0 Å². The molecule has 2 nitrogen and oxygen atoms in total. The van der Waals surface area contributed by atoms with Gasteiger partial charge in [0.15, 0.2) is 0 Å². The van der Waals surface area contributed by atoms with Gasteiger partial charge in [0.25, 0.3) is 0 Å². The maximum Gasteiger partial charge on any atom is 0.0385 e. The third kappa shape index (κ3) is 4.84. The van der Waals surface area contributed by atoms with Crippen LogP contribution in [0.2, 0.25) is 0 Å². The molecule has 0 bridgehead atoms. The average Bonchev–Trinajstić information content (AvgIpc) is 2.54. The molecule has 1 aliphatic rings. The van der Waals surface area contributed by atoms with Crippen LogP contribution in [0.1, 0.15) is 19.8 Å². The van der Waals surface area contributed by atoms with Crippen LogP contribution in [0.4, 0.5) is 11.4 Å². The molecule has 0 fully saturated rings. The van der Waals surface area contributed by atoms with E-state index >= 15 is 0 Å². The highest BCUT2D eigenvalue weighted by Crippen LogP contribution is 2.19. The van der Waals surface area contributed by atoms with Gasteiger partial charge in [-0.1, -0.05) is 37.0 Å². The van der Waals surface area contributed by atoms with E-state index in [1.807, 2.05) is 25.2 Å². The number of hydrogen-bond acceptors (Lipinski definition) is 2. The molecule has 2 N–H and O–H groups in total. The van der Waals surface area contributed by atoms with Crippen molar-refractivity contribution in [2.45, 2.75) is 19.8 Å². The molecular formula is C19H22N2. The Balaban J connectivity index is 1.98. The molecule has 2 heteroatoms. The highest BCUT2D eigenvalue weighted by atomic mass is 14.9. The van der Waals surface area contributed by atoms with Crippen LogP contribution < -0.4 is 10.6 Å². The van der Waals surface area contributed by atoms with Crippen LogP contribution in [0.5, 0.6) is 0 Å². The minimum absolute atomic E-state index is 1.05. The molecular weight excluding hydrogens is 256 g/mol. The van der Waals surface area contributed by atoms with Gasteiger partial charge in [-0.25, -0.2) is 0 Å². The summed E-state index contributed by atoms with van der Waals surface area (Å²) >= 11 is 0. The molecule has 0 spiro atoms. The summed E-state index contributed by atoms with van der Waals surface area (Å²) in [5.41, 5.74) is 4.39.